The third-order valence-corrected chi connectivity index (χ3v) is 5.66. The van der Waals surface area contributed by atoms with Crippen molar-refractivity contribution in [2.45, 2.75) is 9.79 Å². The Morgan fingerprint density at radius 3 is 2.46 bits per heavy atom. The van der Waals surface area contributed by atoms with Crippen molar-refractivity contribution in [3.63, 3.8) is 0 Å². The van der Waals surface area contributed by atoms with Gasteiger partial charge in [0.15, 0.2) is 9.84 Å². The third-order valence-electron chi connectivity index (χ3n) is 3.54. The number of carbonyl (C=O) groups is 1. The molecule has 0 aliphatic carbocycles. The molecule has 1 amide bonds. The first kappa shape index (κ1) is 21.6. The highest BCUT2D eigenvalue weighted by atomic mass is 32.2. The second kappa shape index (κ2) is 9.51. The molecule has 0 radical (unpaired) electrons. The van der Waals surface area contributed by atoms with Crippen molar-refractivity contribution in [1.82, 2.24) is 5.32 Å². The maximum absolute atomic E-state index is 12.8. The summed E-state index contributed by atoms with van der Waals surface area (Å²) in [5, 5.41) is 16.6. The number of nitro benzene ring substituents is 1. The van der Waals surface area contributed by atoms with Crippen LogP contribution in [-0.2, 0) is 14.6 Å². The minimum Gasteiger partial charge on any atom is -0.378 e. The quantitative estimate of drug-likeness (QED) is 0.273. The number of thioether (sulfide) groups is 1. The molecule has 0 saturated heterocycles. The lowest BCUT2D eigenvalue weighted by molar-refractivity contribution is -0.384. The molecule has 11 heteroatoms. The van der Waals surface area contributed by atoms with Gasteiger partial charge in [0.05, 0.1) is 15.6 Å². The summed E-state index contributed by atoms with van der Waals surface area (Å²) in [7, 11) is -3.56. The van der Waals surface area contributed by atoms with E-state index in [2.05, 4.69) is 10.6 Å². The van der Waals surface area contributed by atoms with E-state index in [0.29, 0.717) is 0 Å². The van der Waals surface area contributed by atoms with Gasteiger partial charge in [-0.1, -0.05) is 0 Å². The molecule has 0 aliphatic heterocycles. The molecular formula is C17H18FN3O5S2. The molecule has 2 N–H and O–H groups in total. The van der Waals surface area contributed by atoms with E-state index < -0.39 is 14.8 Å². The highest BCUT2D eigenvalue weighted by Crippen LogP contribution is 2.27. The van der Waals surface area contributed by atoms with Crippen LogP contribution in [0.3, 0.4) is 0 Å². The lowest BCUT2D eigenvalue weighted by atomic mass is 10.2. The Morgan fingerprint density at radius 1 is 1.18 bits per heavy atom. The van der Waals surface area contributed by atoms with Crippen molar-refractivity contribution < 1.29 is 22.5 Å². The fourth-order valence-electron chi connectivity index (χ4n) is 2.17. The van der Waals surface area contributed by atoms with E-state index in [4.69, 9.17) is 0 Å². The number of nitrogens with one attached hydrogen (secondary N) is 2. The molecule has 0 heterocycles. The zero-order chi connectivity index (χ0) is 20.7. The number of anilines is 1. The van der Waals surface area contributed by atoms with E-state index in [1.54, 1.807) is 12.1 Å². The van der Waals surface area contributed by atoms with E-state index >= 15 is 0 Å². The number of benzene rings is 2. The maximum atomic E-state index is 12.8. The standard InChI is InChI=1S/C17H18FN3O5S2/c1-28(25,26)14-6-7-15(16(10-14)21(23)24)19-8-9-20-17(22)11-27-13-4-2-12(18)3-5-13/h2-7,10,19H,8-9,11H2,1H3,(H,20,22). The lowest BCUT2D eigenvalue weighted by Crippen LogP contribution is -2.30. The van der Waals surface area contributed by atoms with Crippen molar-refractivity contribution >= 4 is 38.9 Å². The number of hydrogen-bond donors (Lipinski definition) is 2. The molecule has 0 aliphatic rings. The van der Waals surface area contributed by atoms with Gasteiger partial charge < -0.3 is 10.6 Å². The van der Waals surface area contributed by atoms with Gasteiger partial charge in [-0.3, -0.25) is 14.9 Å². The van der Waals surface area contributed by atoms with Crippen LogP contribution < -0.4 is 10.6 Å². The number of sulfone groups is 1. The number of halogens is 1. The predicted molar refractivity (Wildman–Crippen MR) is 105 cm³/mol. The Hall–Kier alpha value is -2.66. The molecular weight excluding hydrogens is 409 g/mol. The molecule has 8 nitrogen and oxygen atoms in total. The molecule has 28 heavy (non-hydrogen) atoms. The van der Waals surface area contributed by atoms with E-state index in [9.17, 15) is 27.7 Å². The fraction of sp³-hybridized carbons (Fsp3) is 0.235. The minimum absolute atomic E-state index is 0.143. The summed E-state index contributed by atoms with van der Waals surface area (Å²) in [6.07, 6.45) is 0.971. The summed E-state index contributed by atoms with van der Waals surface area (Å²) >= 11 is 1.26. The monoisotopic (exact) mass is 427 g/mol. The number of nitro groups is 1. The fourth-order valence-corrected chi connectivity index (χ4v) is 3.54. The van der Waals surface area contributed by atoms with E-state index in [1.165, 1.54) is 36.0 Å². The first-order chi connectivity index (χ1) is 13.2. The van der Waals surface area contributed by atoms with Gasteiger partial charge >= 0.3 is 0 Å². The second-order valence-corrected chi connectivity index (χ2v) is 8.79. The van der Waals surface area contributed by atoms with Gasteiger partial charge in [0.2, 0.25) is 5.91 Å². The van der Waals surface area contributed by atoms with Crippen molar-refractivity contribution in [2.24, 2.45) is 0 Å². The lowest BCUT2D eigenvalue weighted by Gasteiger charge is -2.09. The van der Waals surface area contributed by atoms with Crippen molar-refractivity contribution in [3.05, 3.63) is 58.4 Å². The van der Waals surface area contributed by atoms with Crippen LogP contribution in [0.4, 0.5) is 15.8 Å². The minimum atomic E-state index is -3.56. The van der Waals surface area contributed by atoms with Gasteiger partial charge in [-0.2, -0.15) is 0 Å². The highest BCUT2D eigenvalue weighted by molar-refractivity contribution is 8.00. The van der Waals surface area contributed by atoms with Crippen LogP contribution in [0.15, 0.2) is 52.3 Å². The summed E-state index contributed by atoms with van der Waals surface area (Å²) in [5.41, 5.74) is -0.201. The molecule has 0 unspecified atom stereocenters. The van der Waals surface area contributed by atoms with E-state index in [-0.39, 0.29) is 46.8 Å². The largest absolute Gasteiger partial charge is 0.378 e. The smallest absolute Gasteiger partial charge is 0.293 e. The average molecular weight is 427 g/mol. The molecule has 0 saturated carbocycles. The number of carbonyl (C=O) groups excluding carboxylic acids is 1. The summed E-state index contributed by atoms with van der Waals surface area (Å²) in [4.78, 5) is 22.9. The summed E-state index contributed by atoms with van der Waals surface area (Å²) in [5.74, 6) is -0.439. The Bertz CT molecular complexity index is 965. The van der Waals surface area contributed by atoms with Crippen molar-refractivity contribution in [3.8, 4) is 0 Å². The van der Waals surface area contributed by atoms with Gasteiger partial charge in [0.1, 0.15) is 11.5 Å². The third kappa shape index (κ3) is 6.50. The van der Waals surface area contributed by atoms with E-state index in [0.717, 1.165) is 17.2 Å². The first-order valence-corrected chi connectivity index (χ1v) is 10.9. The van der Waals surface area contributed by atoms with Crippen LogP contribution in [0.2, 0.25) is 0 Å². The van der Waals surface area contributed by atoms with Gasteiger partial charge in [-0.25, -0.2) is 12.8 Å². The van der Waals surface area contributed by atoms with Gasteiger partial charge in [0.25, 0.3) is 5.69 Å². The molecule has 0 aromatic heterocycles. The number of nitrogens with zero attached hydrogens (tertiary/aromatic N) is 1. The summed E-state index contributed by atoms with van der Waals surface area (Å²) in [6.45, 7) is 0.430. The van der Waals surface area contributed by atoms with Crippen LogP contribution in [0, 0.1) is 15.9 Å². The van der Waals surface area contributed by atoms with Crippen LogP contribution in [0.5, 0.6) is 0 Å². The Morgan fingerprint density at radius 2 is 1.86 bits per heavy atom. The summed E-state index contributed by atoms with van der Waals surface area (Å²) < 4.78 is 35.9. The van der Waals surface area contributed by atoms with Crippen molar-refractivity contribution in [2.75, 3.05) is 30.4 Å². The van der Waals surface area contributed by atoms with Crippen LogP contribution in [-0.4, -0.2) is 44.3 Å². The van der Waals surface area contributed by atoms with Crippen LogP contribution in [0.25, 0.3) is 0 Å². The SMILES string of the molecule is CS(=O)(=O)c1ccc(NCCNC(=O)CSc2ccc(F)cc2)c([N+](=O)[O-])c1. The molecule has 2 aromatic carbocycles. The maximum Gasteiger partial charge on any atom is 0.293 e. The van der Waals surface area contributed by atoms with Crippen molar-refractivity contribution in [1.29, 1.82) is 0 Å². The molecule has 0 spiro atoms. The van der Waals surface area contributed by atoms with Gasteiger partial charge in [-0.15, -0.1) is 11.8 Å². The molecule has 150 valence electrons. The first-order valence-electron chi connectivity index (χ1n) is 8.04. The Labute approximate surface area is 165 Å². The number of amides is 1. The van der Waals surface area contributed by atoms with Gasteiger partial charge in [0, 0.05) is 30.3 Å². The Balaban J connectivity index is 1.83. The number of hydrogen-bond acceptors (Lipinski definition) is 7. The highest BCUT2D eigenvalue weighted by Gasteiger charge is 2.18. The Kier molecular flexibility index (Phi) is 7.35. The normalized spacial score (nSPS) is 11.1. The summed E-state index contributed by atoms with van der Waals surface area (Å²) in [6, 6.07) is 9.37. The van der Waals surface area contributed by atoms with Crippen LogP contribution in [0.1, 0.15) is 0 Å². The molecule has 2 aromatic rings. The molecule has 0 bridgehead atoms. The second-order valence-electron chi connectivity index (χ2n) is 5.73. The predicted octanol–water partition coefficient (Wildman–Crippen LogP) is 2.46. The zero-order valence-corrected chi connectivity index (χ0v) is 16.5. The zero-order valence-electron chi connectivity index (χ0n) is 14.8. The number of rotatable bonds is 9. The topological polar surface area (TPSA) is 118 Å². The van der Waals surface area contributed by atoms with Gasteiger partial charge in [-0.05, 0) is 36.4 Å². The molecule has 0 fully saturated rings. The van der Waals surface area contributed by atoms with Crippen LogP contribution >= 0.6 is 11.8 Å². The van der Waals surface area contributed by atoms with E-state index in [1.807, 2.05) is 0 Å². The average Bonchev–Trinajstić information content (AvgIpc) is 2.64. The molecule has 0 atom stereocenters. The molecule has 2 rings (SSSR count).